The fraction of sp³-hybridized carbons (Fsp3) is 1.00. The third kappa shape index (κ3) is 8.88. The molecule has 0 aromatic rings. The largest absolute Gasteiger partial charge is 0.394 e. The van der Waals surface area contributed by atoms with E-state index in [1.165, 1.54) is 0 Å². The Morgan fingerprint density at radius 2 is 1.38 bits per heavy atom. The second kappa shape index (κ2) is 15.5. The number of rotatable bonds is 1. The van der Waals surface area contributed by atoms with Crippen LogP contribution in [0, 0.1) is 182 Å². The van der Waals surface area contributed by atoms with Crippen LogP contribution >= 0.6 is 0 Å². The van der Waals surface area contributed by atoms with Crippen LogP contribution in [0.1, 0.15) is 6.92 Å². The van der Waals surface area contributed by atoms with Crippen molar-refractivity contribution >= 4 is 0 Å². The molecular weight excluding hydrogens is 1070 g/mol. The molecule has 9 heteroatoms. The van der Waals surface area contributed by atoms with Crippen molar-refractivity contribution in [3.8, 4) is 0 Å². The maximum absolute atomic E-state index is 9.32. The zero-order valence-electron chi connectivity index (χ0n) is 9.10. The molecular formula is C7H14Ac4O5. The van der Waals surface area contributed by atoms with Gasteiger partial charge in [-0.2, -0.15) is 0 Å². The van der Waals surface area contributed by atoms with Gasteiger partial charge in [0.2, 0.25) is 0 Å². The molecule has 0 spiro atoms. The summed E-state index contributed by atoms with van der Waals surface area (Å²) in [4.78, 5) is 0. The minimum Gasteiger partial charge on any atom is -0.394 e. The minimum absolute atomic E-state index is 0. The summed E-state index contributed by atoms with van der Waals surface area (Å²) in [6, 6.07) is 0. The molecule has 1 fully saturated rings. The van der Waals surface area contributed by atoms with Crippen molar-refractivity contribution in [2.75, 3.05) is 6.61 Å². The smallest absolute Gasteiger partial charge is 0.160 e. The quantitative estimate of drug-likeness (QED) is 0.246. The minimum atomic E-state index is -1.13. The molecule has 0 saturated carbocycles. The summed E-state index contributed by atoms with van der Waals surface area (Å²) in [5, 5.41) is 36.4. The molecule has 1 heterocycles. The van der Waals surface area contributed by atoms with E-state index < -0.39 is 37.1 Å². The Hall–Kier alpha value is 5.57. The molecule has 5 atom stereocenters. The topological polar surface area (TPSA) is 90.2 Å². The van der Waals surface area contributed by atoms with Crippen molar-refractivity contribution in [3.63, 3.8) is 0 Å². The SMILES string of the molecule is C[C@H]1C(O)O[C@H](CO)C(O)C1O.[Ac].[Ac].[Ac].[Ac]. The van der Waals surface area contributed by atoms with Crippen LogP contribution in [0.4, 0.5) is 0 Å². The molecule has 1 rings (SSSR count). The monoisotopic (exact) mass is 1090 g/mol. The van der Waals surface area contributed by atoms with Gasteiger partial charge in [0.05, 0.1) is 12.7 Å². The van der Waals surface area contributed by atoms with E-state index in [0.29, 0.717) is 0 Å². The summed E-state index contributed by atoms with van der Waals surface area (Å²) in [5.74, 6) is -0.539. The van der Waals surface area contributed by atoms with Crippen LogP contribution in [-0.2, 0) is 4.74 Å². The van der Waals surface area contributed by atoms with E-state index in [0.717, 1.165) is 0 Å². The fourth-order valence-corrected chi connectivity index (χ4v) is 1.23. The molecule has 5 nitrogen and oxygen atoms in total. The van der Waals surface area contributed by atoms with E-state index in [1.54, 1.807) is 6.92 Å². The van der Waals surface area contributed by atoms with E-state index in [-0.39, 0.29) is 176 Å². The predicted octanol–water partition coefficient (Wildman–Crippen LogP) is -1.95. The molecule has 3 unspecified atom stereocenters. The summed E-state index contributed by atoms with van der Waals surface area (Å²) >= 11 is 0. The van der Waals surface area contributed by atoms with E-state index in [9.17, 15) is 10.2 Å². The molecule has 84 valence electrons. The van der Waals surface area contributed by atoms with Gasteiger partial charge in [0, 0.05) is 182 Å². The first-order valence-electron chi connectivity index (χ1n) is 3.88. The Morgan fingerprint density at radius 3 is 1.75 bits per heavy atom. The summed E-state index contributed by atoms with van der Waals surface area (Å²) in [6.07, 6.45) is -4.20. The van der Waals surface area contributed by atoms with Crippen LogP contribution < -0.4 is 0 Å². The maximum Gasteiger partial charge on any atom is 0.160 e. The first-order valence-corrected chi connectivity index (χ1v) is 3.88. The Bertz CT molecular complexity index is 159. The van der Waals surface area contributed by atoms with Gasteiger partial charge in [-0.1, -0.05) is 6.92 Å². The molecule has 0 aromatic heterocycles. The molecule has 1 aliphatic heterocycles. The third-order valence-electron chi connectivity index (χ3n) is 2.21. The van der Waals surface area contributed by atoms with Crippen molar-refractivity contribution in [1.29, 1.82) is 0 Å². The van der Waals surface area contributed by atoms with Gasteiger partial charge >= 0.3 is 0 Å². The van der Waals surface area contributed by atoms with Gasteiger partial charge in [0.1, 0.15) is 12.2 Å². The maximum atomic E-state index is 9.32. The van der Waals surface area contributed by atoms with E-state index in [1.807, 2.05) is 0 Å². The van der Waals surface area contributed by atoms with Crippen LogP contribution in [-0.4, -0.2) is 51.6 Å². The van der Waals surface area contributed by atoms with E-state index >= 15 is 0 Å². The third-order valence-corrected chi connectivity index (χ3v) is 2.21. The molecule has 0 amide bonds. The predicted molar refractivity (Wildman–Crippen MR) is 39.1 cm³/mol. The van der Waals surface area contributed by atoms with Gasteiger partial charge < -0.3 is 25.2 Å². The Balaban J connectivity index is -0.000000180. The summed E-state index contributed by atoms with van der Waals surface area (Å²) < 4.78 is 4.83. The normalized spacial score (nSPS) is 36.9. The fourth-order valence-electron chi connectivity index (χ4n) is 1.23. The second-order valence-corrected chi connectivity index (χ2v) is 3.09. The van der Waals surface area contributed by atoms with E-state index in [2.05, 4.69) is 0 Å². The first kappa shape index (κ1) is 29.6. The number of hydrogen-bond acceptors (Lipinski definition) is 5. The molecule has 4 N–H and O–H groups in total. The number of hydrogen-bond donors (Lipinski definition) is 4. The molecule has 4 radical (unpaired) electrons. The van der Waals surface area contributed by atoms with Crippen LogP contribution in [0.3, 0.4) is 0 Å². The van der Waals surface area contributed by atoms with Gasteiger partial charge in [-0.25, -0.2) is 0 Å². The van der Waals surface area contributed by atoms with Gasteiger partial charge in [-0.15, -0.1) is 0 Å². The molecule has 0 aliphatic carbocycles. The van der Waals surface area contributed by atoms with Gasteiger partial charge in [-0.05, 0) is 0 Å². The average molecular weight is 1090 g/mol. The van der Waals surface area contributed by atoms with Crippen LogP contribution in [0.15, 0.2) is 0 Å². The van der Waals surface area contributed by atoms with Crippen molar-refractivity contribution in [2.24, 2.45) is 5.92 Å². The number of aliphatic hydroxyl groups is 4. The summed E-state index contributed by atoms with van der Waals surface area (Å²) in [7, 11) is 0. The molecule has 1 aliphatic rings. The Morgan fingerprint density at radius 1 is 0.938 bits per heavy atom. The van der Waals surface area contributed by atoms with Crippen molar-refractivity contribution in [2.45, 2.75) is 31.5 Å². The number of aliphatic hydroxyl groups excluding tert-OH is 4. The van der Waals surface area contributed by atoms with Gasteiger partial charge in [0.15, 0.2) is 6.29 Å². The van der Waals surface area contributed by atoms with Crippen molar-refractivity contribution in [3.05, 3.63) is 0 Å². The number of ether oxygens (including phenoxy) is 1. The van der Waals surface area contributed by atoms with E-state index in [4.69, 9.17) is 14.9 Å². The van der Waals surface area contributed by atoms with Gasteiger partial charge in [-0.3, -0.25) is 0 Å². The Labute approximate surface area is 238 Å². The van der Waals surface area contributed by atoms with Gasteiger partial charge in [0.25, 0.3) is 0 Å². The average Bonchev–Trinajstić information content (AvgIpc) is 2.08. The van der Waals surface area contributed by atoms with Crippen LogP contribution in [0.5, 0.6) is 0 Å². The molecule has 1 saturated heterocycles. The van der Waals surface area contributed by atoms with Crippen LogP contribution in [0.2, 0.25) is 0 Å². The molecule has 16 heavy (non-hydrogen) atoms. The Kier molecular flexibility index (Phi) is 28.6. The van der Waals surface area contributed by atoms with Crippen molar-refractivity contribution < 1.29 is 201 Å². The standard InChI is InChI=1S/C7H14O5.4Ac/c1-3-5(9)6(10)4(2-8)12-7(3)11;;;;/h3-11H,2H2,1H3;;;;/t3-,4-,5?,6?,7?;;;;/m1..../s1. The zero-order chi connectivity index (χ0) is 9.30. The molecule has 0 bridgehead atoms. The zero-order valence-corrected chi connectivity index (χ0v) is 28.1. The summed E-state index contributed by atoms with van der Waals surface area (Å²) in [6.45, 7) is 1.15. The van der Waals surface area contributed by atoms with Crippen molar-refractivity contribution in [1.82, 2.24) is 0 Å². The first-order chi connectivity index (χ1) is 5.57. The molecule has 0 aromatic carbocycles. The second-order valence-electron chi connectivity index (χ2n) is 3.09. The summed E-state index contributed by atoms with van der Waals surface area (Å²) in [5.41, 5.74) is 0. The van der Waals surface area contributed by atoms with Crippen LogP contribution in [0.25, 0.3) is 0 Å².